The Morgan fingerprint density at radius 3 is 2.42 bits per heavy atom. The molecule has 0 bridgehead atoms. The molecule has 1 N–H and O–H groups in total. The second-order valence-electron chi connectivity index (χ2n) is 5.05. The molecular weight excluding hydrogens is 396 g/mol. The summed E-state index contributed by atoms with van der Waals surface area (Å²) in [5, 5.41) is 5.88. The minimum atomic E-state index is -4.74. The highest BCUT2D eigenvalue weighted by molar-refractivity contribution is 6.39. The molecule has 0 saturated carbocycles. The van der Waals surface area contributed by atoms with Gasteiger partial charge in [0.25, 0.3) is 5.91 Å². The van der Waals surface area contributed by atoms with Crippen LogP contribution in [0.5, 0.6) is 0 Å². The molecule has 1 amide bonds. The third-order valence-electron chi connectivity index (χ3n) is 3.40. The number of pyridine rings is 2. The maximum Gasteiger partial charge on any atom is 0.435 e. The zero-order chi connectivity index (χ0) is 19.1. The van der Waals surface area contributed by atoms with Crippen LogP contribution in [0.25, 0.3) is 5.52 Å². The Balaban J connectivity index is 2.11. The van der Waals surface area contributed by atoms with Crippen molar-refractivity contribution in [2.45, 2.75) is 6.18 Å². The smallest absolute Gasteiger partial charge is 0.319 e. The Kier molecular flexibility index (Phi) is 4.59. The normalized spacial score (nSPS) is 11.6. The quantitative estimate of drug-likeness (QED) is 0.668. The van der Waals surface area contributed by atoms with E-state index in [4.69, 9.17) is 23.2 Å². The van der Waals surface area contributed by atoms with Gasteiger partial charge in [-0.15, -0.1) is 0 Å². The number of carbonyl (C=O) groups is 2. The van der Waals surface area contributed by atoms with E-state index in [0.29, 0.717) is 12.4 Å². The lowest BCUT2D eigenvalue weighted by molar-refractivity contribution is -0.141. The molecule has 3 aromatic rings. The van der Waals surface area contributed by atoms with Gasteiger partial charge in [0.15, 0.2) is 12.0 Å². The molecule has 0 aliphatic rings. The van der Waals surface area contributed by atoms with Crippen LogP contribution in [-0.4, -0.2) is 26.8 Å². The summed E-state index contributed by atoms with van der Waals surface area (Å²) in [6, 6.07) is 3.06. The molecular formula is C15H7Cl2F3N4O2. The van der Waals surface area contributed by atoms with Crippen molar-refractivity contribution >= 4 is 46.6 Å². The van der Waals surface area contributed by atoms with Crippen LogP contribution in [0, 0.1) is 0 Å². The molecule has 0 aliphatic heterocycles. The number of hydrogen-bond acceptors (Lipinski definition) is 4. The summed E-state index contributed by atoms with van der Waals surface area (Å²) in [5.41, 5.74) is -1.67. The minimum absolute atomic E-state index is 0.0517. The summed E-state index contributed by atoms with van der Waals surface area (Å²) in [6.45, 7) is 0. The molecule has 11 heteroatoms. The molecule has 3 aromatic heterocycles. The first-order valence-corrected chi connectivity index (χ1v) is 7.63. The SMILES string of the molecule is O=Cc1ccc(C(=O)Nc2c(Cl)cncc2Cl)c2cc(C(F)(F)F)nn12. The van der Waals surface area contributed by atoms with Gasteiger partial charge in [-0.05, 0) is 18.2 Å². The fraction of sp³-hybridized carbons (Fsp3) is 0.0667. The number of halogens is 5. The van der Waals surface area contributed by atoms with Gasteiger partial charge in [-0.3, -0.25) is 14.6 Å². The summed E-state index contributed by atoms with van der Waals surface area (Å²) in [5.74, 6) is -0.781. The lowest BCUT2D eigenvalue weighted by Gasteiger charge is -2.10. The molecule has 0 radical (unpaired) electrons. The highest BCUT2D eigenvalue weighted by Crippen LogP contribution is 2.32. The van der Waals surface area contributed by atoms with E-state index in [1.807, 2.05) is 0 Å². The highest BCUT2D eigenvalue weighted by Gasteiger charge is 2.35. The van der Waals surface area contributed by atoms with E-state index in [1.54, 1.807) is 0 Å². The van der Waals surface area contributed by atoms with Crippen LogP contribution in [0.1, 0.15) is 26.5 Å². The van der Waals surface area contributed by atoms with Crippen molar-refractivity contribution in [3.63, 3.8) is 0 Å². The van der Waals surface area contributed by atoms with E-state index in [1.165, 1.54) is 24.5 Å². The summed E-state index contributed by atoms with van der Waals surface area (Å²) in [6.07, 6.45) is -1.92. The van der Waals surface area contributed by atoms with Gasteiger partial charge in [-0.25, -0.2) is 4.52 Å². The van der Waals surface area contributed by atoms with Gasteiger partial charge in [-0.2, -0.15) is 18.3 Å². The molecule has 3 rings (SSSR count). The number of anilines is 1. The molecule has 0 unspecified atom stereocenters. The van der Waals surface area contributed by atoms with E-state index in [2.05, 4.69) is 15.4 Å². The van der Waals surface area contributed by atoms with Crippen molar-refractivity contribution in [1.29, 1.82) is 0 Å². The Morgan fingerprint density at radius 1 is 1.19 bits per heavy atom. The molecule has 3 heterocycles. The lowest BCUT2D eigenvalue weighted by atomic mass is 10.1. The number of fused-ring (bicyclic) bond motifs is 1. The van der Waals surface area contributed by atoms with Gasteiger partial charge >= 0.3 is 6.18 Å². The molecule has 0 atom stereocenters. The molecule has 0 spiro atoms. The van der Waals surface area contributed by atoms with Gasteiger partial charge < -0.3 is 5.32 Å². The average Bonchev–Trinajstić information content (AvgIpc) is 3.03. The average molecular weight is 403 g/mol. The zero-order valence-corrected chi connectivity index (χ0v) is 14.0. The summed E-state index contributed by atoms with van der Waals surface area (Å²) >= 11 is 11.8. The topological polar surface area (TPSA) is 76.4 Å². The third kappa shape index (κ3) is 3.23. The predicted octanol–water partition coefficient (Wildman–Crippen LogP) is 4.12. The summed E-state index contributed by atoms with van der Waals surface area (Å²) in [4.78, 5) is 27.3. The number of alkyl halides is 3. The minimum Gasteiger partial charge on any atom is -0.319 e. The molecule has 0 aliphatic carbocycles. The molecule has 0 saturated heterocycles. The van der Waals surface area contributed by atoms with Crippen molar-refractivity contribution in [3.8, 4) is 0 Å². The zero-order valence-electron chi connectivity index (χ0n) is 12.5. The number of carbonyl (C=O) groups excluding carboxylic acids is 2. The van der Waals surface area contributed by atoms with Crippen LogP contribution in [0.2, 0.25) is 10.0 Å². The maximum absolute atomic E-state index is 12.9. The van der Waals surface area contributed by atoms with E-state index >= 15 is 0 Å². The first kappa shape index (κ1) is 18.2. The Hall–Kier alpha value is -2.65. The lowest BCUT2D eigenvalue weighted by Crippen LogP contribution is -2.15. The summed E-state index contributed by atoms with van der Waals surface area (Å²) in [7, 11) is 0. The molecule has 0 aromatic carbocycles. The van der Waals surface area contributed by atoms with Gasteiger partial charge in [0.2, 0.25) is 0 Å². The largest absolute Gasteiger partial charge is 0.435 e. The van der Waals surface area contributed by atoms with Gasteiger partial charge in [0.05, 0.1) is 26.8 Å². The van der Waals surface area contributed by atoms with Gasteiger partial charge in [0, 0.05) is 12.4 Å². The molecule has 134 valence electrons. The number of nitrogens with zero attached hydrogens (tertiary/aromatic N) is 3. The van der Waals surface area contributed by atoms with Crippen LogP contribution in [0.4, 0.5) is 18.9 Å². The van der Waals surface area contributed by atoms with Gasteiger partial charge in [-0.1, -0.05) is 23.2 Å². The number of aromatic nitrogens is 3. The van der Waals surface area contributed by atoms with Crippen LogP contribution in [0.15, 0.2) is 30.6 Å². The Morgan fingerprint density at radius 2 is 1.85 bits per heavy atom. The third-order valence-corrected chi connectivity index (χ3v) is 3.97. The van der Waals surface area contributed by atoms with E-state index in [-0.39, 0.29) is 32.5 Å². The number of nitrogens with one attached hydrogen (secondary N) is 1. The van der Waals surface area contributed by atoms with Crippen molar-refractivity contribution in [1.82, 2.24) is 14.6 Å². The van der Waals surface area contributed by atoms with E-state index in [0.717, 1.165) is 4.52 Å². The summed E-state index contributed by atoms with van der Waals surface area (Å²) < 4.78 is 39.6. The van der Waals surface area contributed by atoms with E-state index in [9.17, 15) is 22.8 Å². The molecule has 0 fully saturated rings. The first-order chi connectivity index (χ1) is 12.2. The second kappa shape index (κ2) is 6.58. The van der Waals surface area contributed by atoms with Crippen LogP contribution >= 0.6 is 23.2 Å². The van der Waals surface area contributed by atoms with Crippen LogP contribution < -0.4 is 5.32 Å². The van der Waals surface area contributed by atoms with Crippen LogP contribution in [0.3, 0.4) is 0 Å². The highest BCUT2D eigenvalue weighted by atomic mass is 35.5. The molecule has 26 heavy (non-hydrogen) atoms. The number of aldehydes is 1. The first-order valence-electron chi connectivity index (χ1n) is 6.88. The fourth-order valence-electron chi connectivity index (χ4n) is 2.23. The number of hydrogen-bond donors (Lipinski definition) is 1. The second-order valence-corrected chi connectivity index (χ2v) is 5.86. The maximum atomic E-state index is 12.9. The fourth-order valence-corrected chi connectivity index (χ4v) is 2.68. The van der Waals surface area contributed by atoms with Crippen LogP contribution in [-0.2, 0) is 6.18 Å². The Labute approximate surface area is 153 Å². The van der Waals surface area contributed by atoms with Crippen molar-refractivity contribution in [3.05, 3.63) is 57.6 Å². The molecule has 6 nitrogen and oxygen atoms in total. The standard InChI is InChI=1S/C15H7Cl2F3N4O2/c16-9-4-21-5-10(17)13(9)22-14(26)8-2-1-7(6-25)24-11(8)3-12(23-24)15(18,19)20/h1-6H,(H,21,22,26). The number of rotatable bonds is 3. The van der Waals surface area contributed by atoms with E-state index < -0.39 is 17.8 Å². The monoisotopic (exact) mass is 402 g/mol. The number of amides is 1. The predicted molar refractivity (Wildman–Crippen MR) is 87.8 cm³/mol. The Bertz CT molecular complexity index is 1010. The van der Waals surface area contributed by atoms with Crippen molar-refractivity contribution in [2.75, 3.05) is 5.32 Å². The van der Waals surface area contributed by atoms with Gasteiger partial charge in [0.1, 0.15) is 5.69 Å². The van der Waals surface area contributed by atoms with Crippen molar-refractivity contribution in [2.24, 2.45) is 0 Å². The van der Waals surface area contributed by atoms with Crippen molar-refractivity contribution < 1.29 is 22.8 Å².